The van der Waals surface area contributed by atoms with E-state index in [1.807, 2.05) is 47.0 Å². The fourth-order valence-electron chi connectivity index (χ4n) is 6.25. The van der Waals surface area contributed by atoms with Crippen LogP contribution >= 0.6 is 0 Å². The molecular weight excluding hydrogens is 554 g/mol. The minimum Gasteiger partial charge on any atom is -0.405 e. The molecule has 1 saturated heterocycles. The van der Waals surface area contributed by atoms with Gasteiger partial charge in [0, 0.05) is 12.1 Å². The third-order valence-electron chi connectivity index (χ3n) is 8.27. The first kappa shape index (κ1) is 29.1. The molecule has 0 spiro atoms. The predicted molar refractivity (Wildman–Crippen MR) is 175 cm³/mol. The quantitative estimate of drug-likeness (QED) is 0.228. The van der Waals surface area contributed by atoms with Gasteiger partial charge in [-0.25, -0.2) is 9.98 Å². The molecule has 4 aromatic rings. The molecule has 1 aromatic heterocycles. The van der Waals surface area contributed by atoms with E-state index in [1.54, 1.807) is 12.7 Å². The second-order valence-corrected chi connectivity index (χ2v) is 16.4. The Morgan fingerprint density at radius 2 is 1.77 bits per heavy atom. The molecule has 222 valence electrons. The highest BCUT2D eigenvalue weighted by Gasteiger charge is 2.51. The van der Waals surface area contributed by atoms with Crippen LogP contribution in [0.15, 0.2) is 103 Å². The van der Waals surface area contributed by atoms with Gasteiger partial charge in [0.1, 0.15) is 17.6 Å². The highest BCUT2D eigenvalue weighted by Crippen LogP contribution is 2.39. The topological polar surface area (TPSA) is 92.9 Å². The summed E-state index contributed by atoms with van der Waals surface area (Å²) in [5, 5.41) is 20.2. The van der Waals surface area contributed by atoms with Gasteiger partial charge in [0.05, 0.1) is 25.4 Å². The van der Waals surface area contributed by atoms with Crippen molar-refractivity contribution in [3.05, 3.63) is 109 Å². The average molecular weight is 594 g/mol. The van der Waals surface area contributed by atoms with E-state index in [4.69, 9.17) is 9.16 Å². The number of fused-ring (bicyclic) bond motifs is 1. The van der Waals surface area contributed by atoms with Crippen LogP contribution in [0.5, 0.6) is 0 Å². The van der Waals surface area contributed by atoms with E-state index in [-0.39, 0.29) is 17.3 Å². The standard InChI is InChI=1S/C34H39N5O3Si/c1-5-24-13-12-14-25(19-24)38-31-30-32(36-22-35-31)39(23-37-30)33-29(40)20-26(42-33)21-41-43(34(2,3)4,27-15-8-6-9-16-27)28-17-10-7-11-18-28/h5-19,22-23,26,29,31,33,38,40H,1,20-21H2,2-4H3,(H,35,36)/t26-,29+,31?,33+/m0/s1. The summed E-state index contributed by atoms with van der Waals surface area (Å²) in [4.78, 5) is 9.23. The Morgan fingerprint density at radius 1 is 1.07 bits per heavy atom. The molecule has 4 atom stereocenters. The number of nitrogens with zero attached hydrogens (tertiary/aromatic N) is 3. The number of benzene rings is 3. The molecule has 9 heteroatoms. The van der Waals surface area contributed by atoms with Crippen LogP contribution in [0.4, 0.5) is 11.5 Å². The number of aliphatic hydroxyl groups is 1. The number of anilines is 2. The van der Waals surface area contributed by atoms with Gasteiger partial charge in [-0.1, -0.05) is 106 Å². The van der Waals surface area contributed by atoms with Crippen LogP contribution in [0.3, 0.4) is 0 Å². The number of nitrogens with one attached hydrogen (secondary N) is 2. The maximum Gasteiger partial charge on any atom is 0.261 e. The van der Waals surface area contributed by atoms with Crippen LogP contribution in [-0.4, -0.2) is 48.1 Å². The van der Waals surface area contributed by atoms with Crippen molar-refractivity contribution in [2.45, 2.75) is 56.8 Å². The first-order chi connectivity index (χ1) is 20.8. The molecule has 0 saturated carbocycles. The molecule has 3 aromatic carbocycles. The van der Waals surface area contributed by atoms with Gasteiger partial charge in [-0.15, -0.1) is 0 Å². The van der Waals surface area contributed by atoms with E-state index in [0.29, 0.717) is 13.0 Å². The van der Waals surface area contributed by atoms with E-state index in [2.05, 4.69) is 96.5 Å². The van der Waals surface area contributed by atoms with E-state index < -0.39 is 20.6 Å². The molecule has 1 fully saturated rings. The Labute approximate surface area is 254 Å². The molecule has 2 aliphatic heterocycles. The Bertz CT molecular complexity index is 1550. The molecular formula is C34H39N5O3Si. The zero-order valence-corrected chi connectivity index (χ0v) is 25.9. The molecule has 43 heavy (non-hydrogen) atoms. The zero-order chi connectivity index (χ0) is 30.0. The van der Waals surface area contributed by atoms with Gasteiger partial charge in [-0.3, -0.25) is 4.57 Å². The number of hydrogen-bond donors (Lipinski definition) is 3. The average Bonchev–Trinajstić information content (AvgIpc) is 3.61. The molecule has 1 unspecified atom stereocenters. The van der Waals surface area contributed by atoms with Gasteiger partial charge >= 0.3 is 0 Å². The zero-order valence-electron chi connectivity index (χ0n) is 24.9. The van der Waals surface area contributed by atoms with Crippen molar-refractivity contribution in [3.8, 4) is 0 Å². The van der Waals surface area contributed by atoms with Crippen LogP contribution in [0.25, 0.3) is 6.08 Å². The SMILES string of the molecule is C=Cc1cccc(NC2N=CNc3c2ncn3[C@@H]2O[C@H](CO[Si](c3ccccc3)(c3ccccc3)C(C)(C)C)C[C@H]2O)c1. The molecule has 8 nitrogen and oxygen atoms in total. The van der Waals surface area contributed by atoms with Gasteiger partial charge in [-0.2, -0.15) is 0 Å². The molecule has 6 rings (SSSR count). The highest BCUT2D eigenvalue weighted by atomic mass is 28.4. The predicted octanol–water partition coefficient (Wildman–Crippen LogP) is 5.32. The Hall–Kier alpha value is -4.02. The molecule has 2 aliphatic rings. The third kappa shape index (κ3) is 5.57. The maximum absolute atomic E-state index is 11.2. The second-order valence-electron chi connectivity index (χ2n) is 12.1. The molecule has 0 radical (unpaired) electrons. The van der Waals surface area contributed by atoms with Crippen molar-refractivity contribution >= 4 is 42.6 Å². The summed E-state index contributed by atoms with van der Waals surface area (Å²) >= 11 is 0. The largest absolute Gasteiger partial charge is 0.405 e. The van der Waals surface area contributed by atoms with Crippen molar-refractivity contribution in [3.63, 3.8) is 0 Å². The van der Waals surface area contributed by atoms with Crippen LogP contribution < -0.4 is 21.0 Å². The van der Waals surface area contributed by atoms with Crippen LogP contribution in [-0.2, 0) is 9.16 Å². The van der Waals surface area contributed by atoms with Gasteiger partial charge in [0.15, 0.2) is 12.4 Å². The van der Waals surface area contributed by atoms with Gasteiger partial charge in [-0.05, 0) is 33.1 Å². The Kier molecular flexibility index (Phi) is 8.06. The fraction of sp³-hybridized carbons (Fsp3) is 0.294. The summed E-state index contributed by atoms with van der Waals surface area (Å²) in [6.45, 7) is 11.0. The second kappa shape index (κ2) is 11.9. The van der Waals surface area contributed by atoms with Gasteiger partial charge < -0.3 is 24.9 Å². The van der Waals surface area contributed by atoms with Crippen molar-refractivity contribution in [1.82, 2.24) is 9.55 Å². The summed E-state index contributed by atoms with van der Waals surface area (Å²) in [5.41, 5.74) is 2.66. The lowest BCUT2D eigenvalue weighted by atomic mass is 10.2. The number of hydrogen-bond acceptors (Lipinski definition) is 7. The number of imidazole rings is 1. The first-order valence-electron chi connectivity index (χ1n) is 14.7. The number of ether oxygens (including phenoxy) is 1. The van der Waals surface area contributed by atoms with Crippen molar-refractivity contribution in [2.75, 3.05) is 17.2 Å². The minimum atomic E-state index is -2.73. The van der Waals surface area contributed by atoms with Crippen molar-refractivity contribution in [2.24, 2.45) is 4.99 Å². The summed E-state index contributed by atoms with van der Waals surface area (Å²) in [5.74, 6) is 0.741. The summed E-state index contributed by atoms with van der Waals surface area (Å²) < 4.78 is 15.5. The summed E-state index contributed by atoms with van der Waals surface area (Å²) in [6.07, 6.45) is 3.64. The van der Waals surface area contributed by atoms with E-state index >= 15 is 0 Å². The lowest BCUT2D eigenvalue weighted by Gasteiger charge is -2.43. The number of aromatic nitrogens is 2. The van der Waals surface area contributed by atoms with Gasteiger partial charge in [0.25, 0.3) is 8.32 Å². The van der Waals surface area contributed by atoms with Gasteiger partial charge in [0.2, 0.25) is 0 Å². The lowest BCUT2D eigenvalue weighted by Crippen LogP contribution is -2.67. The molecule has 3 N–H and O–H groups in total. The smallest absolute Gasteiger partial charge is 0.261 e. The Morgan fingerprint density at radius 3 is 2.42 bits per heavy atom. The maximum atomic E-state index is 11.2. The molecule has 0 aliphatic carbocycles. The number of aliphatic imine (C=N–C) groups is 1. The normalized spacial score (nSPS) is 21.7. The van der Waals surface area contributed by atoms with E-state index in [0.717, 1.165) is 22.8 Å². The lowest BCUT2D eigenvalue weighted by molar-refractivity contribution is -0.0475. The van der Waals surface area contributed by atoms with Crippen molar-refractivity contribution in [1.29, 1.82) is 0 Å². The monoisotopic (exact) mass is 593 g/mol. The highest BCUT2D eigenvalue weighted by molar-refractivity contribution is 6.99. The fourth-order valence-corrected chi connectivity index (χ4v) is 10.8. The summed E-state index contributed by atoms with van der Waals surface area (Å²) in [7, 11) is -2.73. The van der Waals surface area contributed by atoms with E-state index in [9.17, 15) is 5.11 Å². The third-order valence-corrected chi connectivity index (χ3v) is 13.3. The molecule has 0 amide bonds. The van der Waals surface area contributed by atoms with Crippen LogP contribution in [0.2, 0.25) is 5.04 Å². The van der Waals surface area contributed by atoms with Crippen LogP contribution in [0, 0.1) is 0 Å². The van der Waals surface area contributed by atoms with E-state index in [1.165, 1.54) is 10.4 Å². The van der Waals surface area contributed by atoms with Crippen LogP contribution in [0.1, 0.15) is 50.8 Å². The number of aliphatic hydroxyl groups excluding tert-OH is 1. The first-order valence-corrected chi connectivity index (χ1v) is 16.6. The van der Waals surface area contributed by atoms with Crippen molar-refractivity contribution < 1.29 is 14.3 Å². The molecule has 0 bridgehead atoms. The number of rotatable bonds is 9. The summed E-state index contributed by atoms with van der Waals surface area (Å²) in [6, 6.07) is 29.1. The Balaban J connectivity index is 1.22. The minimum absolute atomic E-state index is 0.147. The molecule has 3 heterocycles.